The van der Waals surface area contributed by atoms with Crippen LogP contribution < -0.4 is 0 Å². The molecule has 0 saturated carbocycles. The Balaban J connectivity index is 2.61. The molecule has 0 bridgehead atoms. The Morgan fingerprint density at radius 1 is 1.14 bits per heavy atom. The highest BCUT2D eigenvalue weighted by atomic mass is 79.9. The minimum absolute atomic E-state index is 0.449. The number of hydrogen-bond donors (Lipinski definition) is 0. The first-order valence-electron chi connectivity index (χ1n) is 4.15. The lowest BCUT2D eigenvalue weighted by Crippen LogP contribution is -1.81. The molecule has 0 aliphatic carbocycles. The van der Waals surface area contributed by atoms with Crippen LogP contribution in [0, 0.1) is 20.8 Å². The van der Waals surface area contributed by atoms with E-state index in [1.54, 1.807) is 0 Å². The summed E-state index contributed by atoms with van der Waals surface area (Å²) in [4.78, 5) is 4.09. The van der Waals surface area contributed by atoms with Gasteiger partial charge in [0, 0.05) is 5.56 Å². The van der Waals surface area contributed by atoms with E-state index in [1.165, 1.54) is 0 Å². The molecular formula is C9H9BrN2O2. The molecule has 0 aliphatic rings. The highest BCUT2D eigenvalue weighted by Gasteiger charge is 2.18. The Labute approximate surface area is 89.4 Å². The first-order chi connectivity index (χ1) is 6.59. The lowest BCUT2D eigenvalue weighted by molar-refractivity contribution is 0.424. The van der Waals surface area contributed by atoms with Crippen LogP contribution in [0.1, 0.15) is 17.1 Å². The molecule has 2 aromatic rings. The molecule has 0 atom stereocenters. The van der Waals surface area contributed by atoms with E-state index in [0.29, 0.717) is 10.6 Å². The molecule has 14 heavy (non-hydrogen) atoms. The number of aryl methyl sites for hydroxylation is 2. The molecule has 5 heteroatoms. The molecule has 2 rings (SSSR count). The molecule has 2 heterocycles. The van der Waals surface area contributed by atoms with E-state index in [2.05, 4.69) is 26.1 Å². The summed E-state index contributed by atoms with van der Waals surface area (Å²) in [6, 6.07) is 0. The maximum absolute atomic E-state index is 5.47. The topological polar surface area (TPSA) is 52.1 Å². The number of hydrogen-bond acceptors (Lipinski definition) is 4. The second kappa shape index (κ2) is 3.24. The Kier molecular flexibility index (Phi) is 2.19. The van der Waals surface area contributed by atoms with Crippen molar-refractivity contribution in [3.8, 4) is 11.5 Å². The summed E-state index contributed by atoms with van der Waals surface area (Å²) < 4.78 is 11.0. The lowest BCUT2D eigenvalue weighted by atomic mass is 10.1. The predicted octanol–water partition coefficient (Wildman–Crippen LogP) is 3.02. The van der Waals surface area contributed by atoms with E-state index < -0.39 is 0 Å². The van der Waals surface area contributed by atoms with Crippen LogP contribution in [0.3, 0.4) is 0 Å². The summed E-state index contributed by atoms with van der Waals surface area (Å²) in [6.45, 7) is 5.77. The Morgan fingerprint density at radius 2 is 1.86 bits per heavy atom. The molecule has 0 saturated heterocycles. The molecule has 4 nitrogen and oxygen atoms in total. The maximum atomic E-state index is 5.47. The number of rotatable bonds is 1. The summed E-state index contributed by atoms with van der Waals surface area (Å²) in [5, 5.41) is 3.67. The Morgan fingerprint density at radius 3 is 2.29 bits per heavy atom. The van der Waals surface area contributed by atoms with Crippen molar-refractivity contribution >= 4 is 15.9 Å². The van der Waals surface area contributed by atoms with E-state index in [1.807, 2.05) is 20.8 Å². The Bertz CT molecular complexity index is 473. The molecule has 2 aromatic heterocycles. The molecule has 0 unspecified atom stereocenters. The van der Waals surface area contributed by atoms with Crippen LogP contribution in [-0.2, 0) is 0 Å². The number of furan rings is 1. The normalized spacial score (nSPS) is 10.9. The van der Waals surface area contributed by atoms with Gasteiger partial charge in [0.2, 0.25) is 4.73 Å². The summed E-state index contributed by atoms with van der Waals surface area (Å²) in [5.74, 6) is 2.17. The van der Waals surface area contributed by atoms with E-state index in [4.69, 9.17) is 8.94 Å². The van der Waals surface area contributed by atoms with Crippen LogP contribution >= 0.6 is 15.9 Å². The Hall–Kier alpha value is -1.10. The molecule has 0 fully saturated rings. The van der Waals surface area contributed by atoms with Crippen LogP contribution in [-0.4, -0.2) is 10.1 Å². The van der Waals surface area contributed by atoms with Crippen molar-refractivity contribution in [3.63, 3.8) is 0 Å². The quantitative estimate of drug-likeness (QED) is 0.787. The molecule has 0 amide bonds. The molecular weight excluding hydrogens is 248 g/mol. The van der Waals surface area contributed by atoms with E-state index in [9.17, 15) is 0 Å². The van der Waals surface area contributed by atoms with Crippen molar-refractivity contribution in [3.05, 3.63) is 21.8 Å². The average molecular weight is 257 g/mol. The molecule has 0 aliphatic heterocycles. The fourth-order valence-corrected chi connectivity index (χ4v) is 1.65. The second-order valence-electron chi connectivity index (χ2n) is 3.08. The number of aromatic nitrogens is 2. The van der Waals surface area contributed by atoms with E-state index in [0.717, 1.165) is 22.6 Å². The highest BCUT2D eigenvalue weighted by molar-refractivity contribution is 9.10. The van der Waals surface area contributed by atoms with Gasteiger partial charge in [-0.1, -0.05) is 0 Å². The standard InChI is InChI=1S/C9H9BrN2O2/c1-4-5(2)13-6(3)7(4)8-11-9(10)12-14-8/h1-3H3. The second-order valence-corrected chi connectivity index (χ2v) is 3.79. The summed E-state index contributed by atoms with van der Waals surface area (Å²) in [6.07, 6.45) is 0. The zero-order chi connectivity index (χ0) is 10.3. The summed E-state index contributed by atoms with van der Waals surface area (Å²) >= 11 is 3.14. The van der Waals surface area contributed by atoms with Crippen molar-refractivity contribution in [2.75, 3.05) is 0 Å². The molecule has 0 radical (unpaired) electrons. The van der Waals surface area contributed by atoms with Gasteiger partial charge < -0.3 is 8.94 Å². The fourth-order valence-electron chi connectivity index (χ4n) is 1.42. The van der Waals surface area contributed by atoms with Crippen molar-refractivity contribution in [2.24, 2.45) is 0 Å². The third-order valence-electron chi connectivity index (χ3n) is 2.18. The van der Waals surface area contributed by atoms with Gasteiger partial charge in [0.25, 0.3) is 5.89 Å². The predicted molar refractivity (Wildman–Crippen MR) is 53.9 cm³/mol. The zero-order valence-corrected chi connectivity index (χ0v) is 9.67. The largest absolute Gasteiger partial charge is 0.466 e. The van der Waals surface area contributed by atoms with Gasteiger partial charge in [-0.15, -0.1) is 0 Å². The molecule has 0 aromatic carbocycles. The summed E-state index contributed by atoms with van der Waals surface area (Å²) in [5.41, 5.74) is 1.93. The number of halogens is 1. The van der Waals surface area contributed by atoms with Crippen LogP contribution in [0.25, 0.3) is 11.5 Å². The monoisotopic (exact) mass is 256 g/mol. The summed E-state index contributed by atoms with van der Waals surface area (Å²) in [7, 11) is 0. The lowest BCUT2D eigenvalue weighted by Gasteiger charge is -1.91. The van der Waals surface area contributed by atoms with Crippen LogP contribution in [0.2, 0.25) is 0 Å². The van der Waals surface area contributed by atoms with Crippen molar-refractivity contribution in [1.82, 2.24) is 10.1 Å². The first kappa shape index (κ1) is 9.45. The van der Waals surface area contributed by atoms with Crippen molar-refractivity contribution in [2.45, 2.75) is 20.8 Å². The van der Waals surface area contributed by atoms with Gasteiger partial charge in [-0.2, -0.15) is 4.98 Å². The van der Waals surface area contributed by atoms with Gasteiger partial charge in [0.1, 0.15) is 11.5 Å². The fraction of sp³-hybridized carbons (Fsp3) is 0.333. The minimum atomic E-state index is 0.449. The van der Waals surface area contributed by atoms with Gasteiger partial charge in [0.15, 0.2) is 0 Å². The third kappa shape index (κ3) is 1.37. The van der Waals surface area contributed by atoms with Crippen molar-refractivity contribution < 1.29 is 8.94 Å². The molecule has 0 N–H and O–H groups in total. The minimum Gasteiger partial charge on any atom is -0.466 e. The van der Waals surface area contributed by atoms with Crippen LogP contribution in [0.4, 0.5) is 0 Å². The SMILES string of the molecule is Cc1oc(C)c(-c2nc(Br)no2)c1C. The average Bonchev–Trinajstić information content (AvgIpc) is 2.60. The zero-order valence-electron chi connectivity index (χ0n) is 8.09. The molecule has 74 valence electrons. The molecule has 0 spiro atoms. The van der Waals surface area contributed by atoms with Gasteiger partial charge in [0.05, 0.1) is 5.56 Å². The smallest absolute Gasteiger partial charge is 0.262 e. The van der Waals surface area contributed by atoms with Gasteiger partial charge in [-0.05, 0) is 41.9 Å². The third-order valence-corrected chi connectivity index (χ3v) is 2.50. The van der Waals surface area contributed by atoms with Crippen molar-refractivity contribution in [1.29, 1.82) is 0 Å². The highest BCUT2D eigenvalue weighted by Crippen LogP contribution is 2.30. The van der Waals surface area contributed by atoms with Crippen LogP contribution in [0.15, 0.2) is 13.7 Å². The van der Waals surface area contributed by atoms with Gasteiger partial charge >= 0.3 is 0 Å². The first-order valence-corrected chi connectivity index (χ1v) is 4.95. The van der Waals surface area contributed by atoms with Crippen LogP contribution in [0.5, 0.6) is 0 Å². The number of nitrogens with zero attached hydrogens (tertiary/aromatic N) is 2. The maximum Gasteiger partial charge on any atom is 0.262 e. The van der Waals surface area contributed by atoms with Gasteiger partial charge in [-0.25, -0.2) is 0 Å². The van der Waals surface area contributed by atoms with E-state index >= 15 is 0 Å². The van der Waals surface area contributed by atoms with Gasteiger partial charge in [-0.3, -0.25) is 0 Å². The van der Waals surface area contributed by atoms with E-state index in [-0.39, 0.29) is 0 Å².